The van der Waals surface area contributed by atoms with Crippen LogP contribution >= 0.6 is 24.0 Å². The molecular weight excluding hydrogens is 371 g/mol. The summed E-state index contributed by atoms with van der Waals surface area (Å²) < 4.78 is 4.97. The number of nitrogens with zero attached hydrogens (tertiary/aromatic N) is 1. The Morgan fingerprint density at radius 3 is 2.85 bits per heavy atom. The van der Waals surface area contributed by atoms with E-state index in [4.69, 9.17) is 10.8 Å². The van der Waals surface area contributed by atoms with Gasteiger partial charge in [0.2, 0.25) is 0 Å². The number of guanidine groups is 1. The van der Waals surface area contributed by atoms with E-state index in [-0.39, 0.29) is 29.9 Å². The Labute approximate surface area is 135 Å². The average Bonchev–Trinajstić information content (AvgIpc) is 2.94. The number of terminal acetylenes is 1. The molecule has 1 aromatic rings. The summed E-state index contributed by atoms with van der Waals surface area (Å²) >= 11 is 0. The molecule has 1 aromatic heterocycles. The largest absolute Gasteiger partial charge is 0.459 e. The average molecular weight is 390 g/mol. The van der Waals surface area contributed by atoms with Gasteiger partial charge in [0.25, 0.3) is 5.91 Å². The number of furan rings is 1. The Bertz CT molecular complexity index is 451. The van der Waals surface area contributed by atoms with E-state index in [1.54, 1.807) is 12.1 Å². The highest BCUT2D eigenvalue weighted by Crippen LogP contribution is 1.98. The molecule has 0 atom stereocenters. The molecule has 1 amide bonds. The molecule has 7 heteroatoms. The second-order valence-electron chi connectivity index (χ2n) is 3.55. The number of aliphatic imine (C=N–C) groups is 1. The number of carbonyl (C=O) groups is 1. The molecule has 0 unspecified atom stereocenters. The lowest BCUT2D eigenvalue weighted by Crippen LogP contribution is -2.38. The lowest BCUT2D eigenvalue weighted by molar-refractivity contribution is 0.0927. The molecule has 20 heavy (non-hydrogen) atoms. The van der Waals surface area contributed by atoms with E-state index in [0.29, 0.717) is 31.4 Å². The summed E-state index contributed by atoms with van der Waals surface area (Å²) in [4.78, 5) is 15.8. The first kappa shape index (κ1) is 18.3. The van der Waals surface area contributed by atoms with Gasteiger partial charge in [-0.25, -0.2) is 0 Å². The molecule has 0 fully saturated rings. The monoisotopic (exact) mass is 390 g/mol. The van der Waals surface area contributed by atoms with Crippen LogP contribution in [-0.4, -0.2) is 38.0 Å². The van der Waals surface area contributed by atoms with E-state index in [0.717, 1.165) is 6.54 Å². The third-order valence-electron chi connectivity index (χ3n) is 2.11. The van der Waals surface area contributed by atoms with Crippen molar-refractivity contribution in [1.29, 1.82) is 0 Å². The number of halogens is 1. The lowest BCUT2D eigenvalue weighted by atomic mass is 10.4. The lowest BCUT2D eigenvalue weighted by Gasteiger charge is -2.08. The molecule has 3 N–H and O–H groups in total. The van der Waals surface area contributed by atoms with Gasteiger partial charge in [0.15, 0.2) is 11.7 Å². The number of amides is 1. The molecule has 110 valence electrons. The minimum absolute atomic E-state index is 0. The molecule has 0 radical (unpaired) electrons. The standard InChI is InChI=1S/C13H18N4O2.HI/c1-3-7-16-13(14-4-2)17-9-8-15-12(18)11-6-5-10-19-11;/h1,5-6,10H,4,7-9H2,2H3,(H,15,18)(H2,14,16,17);1H. The van der Waals surface area contributed by atoms with E-state index in [1.807, 2.05) is 6.92 Å². The Hall–Kier alpha value is -1.69. The highest BCUT2D eigenvalue weighted by atomic mass is 127. The van der Waals surface area contributed by atoms with Crippen molar-refractivity contribution in [2.24, 2.45) is 4.99 Å². The second-order valence-corrected chi connectivity index (χ2v) is 3.55. The smallest absolute Gasteiger partial charge is 0.287 e. The quantitative estimate of drug-likeness (QED) is 0.221. The van der Waals surface area contributed by atoms with Crippen LogP contribution in [0.5, 0.6) is 0 Å². The maximum atomic E-state index is 11.5. The Kier molecular flexibility index (Phi) is 10.2. The summed E-state index contributed by atoms with van der Waals surface area (Å²) in [5.74, 6) is 3.15. The molecule has 6 nitrogen and oxygen atoms in total. The summed E-state index contributed by atoms with van der Waals surface area (Å²) in [5.41, 5.74) is 0. The molecule has 0 aliphatic rings. The maximum absolute atomic E-state index is 11.5. The first-order valence-electron chi connectivity index (χ1n) is 6.05. The van der Waals surface area contributed by atoms with Gasteiger partial charge >= 0.3 is 0 Å². The summed E-state index contributed by atoms with van der Waals surface area (Å²) in [6, 6.07) is 3.28. The molecule has 0 bridgehead atoms. The van der Waals surface area contributed by atoms with E-state index < -0.39 is 0 Å². The van der Waals surface area contributed by atoms with Gasteiger partial charge in [-0.1, -0.05) is 5.92 Å². The molecule has 0 saturated heterocycles. The zero-order chi connectivity index (χ0) is 13.9. The predicted octanol–water partition coefficient (Wildman–Crippen LogP) is 0.816. The van der Waals surface area contributed by atoms with Crippen LogP contribution in [-0.2, 0) is 0 Å². The molecule has 1 heterocycles. The van der Waals surface area contributed by atoms with E-state index in [2.05, 4.69) is 26.9 Å². The molecule has 0 aliphatic carbocycles. The zero-order valence-electron chi connectivity index (χ0n) is 11.3. The Morgan fingerprint density at radius 2 is 2.25 bits per heavy atom. The zero-order valence-corrected chi connectivity index (χ0v) is 13.6. The summed E-state index contributed by atoms with van der Waals surface area (Å²) in [6.07, 6.45) is 6.62. The number of carbonyl (C=O) groups excluding carboxylic acids is 1. The molecular formula is C13H19IN4O2. The number of hydrogen-bond acceptors (Lipinski definition) is 3. The van der Waals surface area contributed by atoms with Crippen molar-refractivity contribution < 1.29 is 9.21 Å². The van der Waals surface area contributed by atoms with Crippen molar-refractivity contribution in [2.45, 2.75) is 6.92 Å². The van der Waals surface area contributed by atoms with Gasteiger partial charge in [-0.15, -0.1) is 30.4 Å². The number of hydrogen-bond donors (Lipinski definition) is 3. The molecule has 0 aromatic carbocycles. The van der Waals surface area contributed by atoms with Gasteiger partial charge < -0.3 is 20.4 Å². The highest BCUT2D eigenvalue weighted by molar-refractivity contribution is 14.0. The van der Waals surface area contributed by atoms with Crippen LogP contribution in [0.1, 0.15) is 17.5 Å². The van der Waals surface area contributed by atoms with Crippen LogP contribution in [0.3, 0.4) is 0 Å². The van der Waals surface area contributed by atoms with Crippen LogP contribution in [0.2, 0.25) is 0 Å². The van der Waals surface area contributed by atoms with Crippen LogP contribution in [0.15, 0.2) is 27.8 Å². The van der Waals surface area contributed by atoms with Crippen LogP contribution in [0, 0.1) is 12.3 Å². The summed E-state index contributed by atoms with van der Waals surface area (Å²) in [7, 11) is 0. The van der Waals surface area contributed by atoms with Crippen molar-refractivity contribution in [2.75, 3.05) is 26.2 Å². The van der Waals surface area contributed by atoms with Gasteiger partial charge in [-0.3, -0.25) is 9.79 Å². The number of nitrogens with one attached hydrogen (secondary N) is 3. The van der Waals surface area contributed by atoms with Crippen molar-refractivity contribution in [3.63, 3.8) is 0 Å². The van der Waals surface area contributed by atoms with E-state index in [9.17, 15) is 4.79 Å². The number of rotatable bonds is 6. The van der Waals surface area contributed by atoms with Gasteiger partial charge in [-0.2, -0.15) is 0 Å². The van der Waals surface area contributed by atoms with Gasteiger partial charge in [-0.05, 0) is 19.1 Å². The second kappa shape index (κ2) is 11.2. The van der Waals surface area contributed by atoms with E-state index in [1.165, 1.54) is 6.26 Å². The molecule has 1 rings (SSSR count). The third-order valence-corrected chi connectivity index (χ3v) is 2.11. The fraction of sp³-hybridized carbons (Fsp3) is 0.385. The molecule has 0 aliphatic heterocycles. The highest BCUT2D eigenvalue weighted by Gasteiger charge is 2.06. The van der Waals surface area contributed by atoms with Crippen LogP contribution < -0.4 is 16.0 Å². The van der Waals surface area contributed by atoms with Crippen LogP contribution in [0.4, 0.5) is 0 Å². The minimum Gasteiger partial charge on any atom is -0.459 e. The normalized spacial score (nSPS) is 10.1. The van der Waals surface area contributed by atoms with Crippen molar-refractivity contribution >= 4 is 35.8 Å². The van der Waals surface area contributed by atoms with Gasteiger partial charge in [0.1, 0.15) is 0 Å². The van der Waals surface area contributed by atoms with E-state index >= 15 is 0 Å². The summed E-state index contributed by atoms with van der Waals surface area (Å²) in [6.45, 7) is 3.99. The first-order valence-corrected chi connectivity index (χ1v) is 6.05. The van der Waals surface area contributed by atoms with Crippen LogP contribution in [0.25, 0.3) is 0 Å². The van der Waals surface area contributed by atoms with Crippen molar-refractivity contribution in [3.05, 3.63) is 24.2 Å². The maximum Gasteiger partial charge on any atom is 0.287 e. The fourth-order valence-electron chi connectivity index (χ4n) is 1.31. The fourth-order valence-corrected chi connectivity index (χ4v) is 1.31. The first-order chi connectivity index (χ1) is 9.27. The third kappa shape index (κ3) is 7.04. The van der Waals surface area contributed by atoms with Crippen molar-refractivity contribution in [1.82, 2.24) is 16.0 Å². The SMILES string of the molecule is C#CCNC(=NCCNC(=O)c1ccco1)NCC.I. The molecule has 0 saturated carbocycles. The summed E-state index contributed by atoms with van der Waals surface area (Å²) in [5, 5.41) is 8.71. The Balaban J connectivity index is 0.00000361. The predicted molar refractivity (Wildman–Crippen MR) is 89.3 cm³/mol. The van der Waals surface area contributed by atoms with Gasteiger partial charge in [0.05, 0.1) is 19.4 Å². The Morgan fingerprint density at radius 1 is 1.45 bits per heavy atom. The van der Waals surface area contributed by atoms with Crippen molar-refractivity contribution in [3.8, 4) is 12.3 Å². The topological polar surface area (TPSA) is 78.7 Å². The molecule has 0 spiro atoms. The minimum atomic E-state index is -0.248. The van der Waals surface area contributed by atoms with Gasteiger partial charge in [0, 0.05) is 13.1 Å².